The zero-order chi connectivity index (χ0) is 24.8. The summed E-state index contributed by atoms with van der Waals surface area (Å²) in [6, 6.07) is 5.77. The largest absolute Gasteiger partial charge is 0.495 e. The van der Waals surface area contributed by atoms with Crippen LogP contribution in [-0.4, -0.2) is 97.9 Å². The summed E-state index contributed by atoms with van der Waals surface area (Å²) in [5.41, 5.74) is 2.07. The van der Waals surface area contributed by atoms with Gasteiger partial charge in [0.05, 0.1) is 37.5 Å². The number of piperazine rings is 1. The predicted octanol–water partition coefficient (Wildman–Crippen LogP) is 0.426. The third-order valence-electron chi connectivity index (χ3n) is 6.85. The molecule has 12 heteroatoms. The number of fused-ring (bicyclic) bond motifs is 2. The van der Waals surface area contributed by atoms with Gasteiger partial charge in [-0.1, -0.05) is 6.07 Å². The number of aryl methyl sites for hydroxylation is 1. The van der Waals surface area contributed by atoms with Crippen LogP contribution in [0.25, 0.3) is 5.82 Å². The molecule has 184 valence electrons. The van der Waals surface area contributed by atoms with E-state index in [2.05, 4.69) is 35.3 Å². The first kappa shape index (κ1) is 22.1. The molecule has 0 aromatic carbocycles. The van der Waals surface area contributed by atoms with E-state index in [1.165, 1.54) is 7.11 Å². The Bertz CT molecular complexity index is 1370. The number of hydrogen-bond donors (Lipinski definition) is 1. The smallest absolute Gasteiger partial charge is 0.290 e. The van der Waals surface area contributed by atoms with Crippen LogP contribution in [0.15, 0.2) is 41.9 Å². The highest BCUT2D eigenvalue weighted by atomic mass is 16.5. The first-order valence-corrected chi connectivity index (χ1v) is 11.8. The lowest BCUT2D eigenvalue weighted by Crippen LogP contribution is -2.56. The van der Waals surface area contributed by atoms with Crippen molar-refractivity contribution < 1.29 is 14.3 Å². The van der Waals surface area contributed by atoms with E-state index in [-0.39, 0.29) is 12.6 Å². The summed E-state index contributed by atoms with van der Waals surface area (Å²) in [4.78, 5) is 48.4. The molecule has 1 fully saturated rings. The summed E-state index contributed by atoms with van der Waals surface area (Å²) >= 11 is 0. The van der Waals surface area contributed by atoms with Crippen LogP contribution in [0.1, 0.15) is 23.0 Å². The lowest BCUT2D eigenvalue weighted by molar-refractivity contribution is -0.146. The highest BCUT2D eigenvalue weighted by Gasteiger charge is 2.42. The van der Waals surface area contributed by atoms with E-state index in [0.717, 1.165) is 11.5 Å². The van der Waals surface area contributed by atoms with Gasteiger partial charge in [-0.25, -0.2) is 14.6 Å². The molecular weight excluding hydrogens is 462 g/mol. The number of pyridine rings is 2. The van der Waals surface area contributed by atoms with Gasteiger partial charge in [0.2, 0.25) is 5.78 Å². The van der Waals surface area contributed by atoms with Gasteiger partial charge < -0.3 is 19.9 Å². The molecule has 2 atom stereocenters. The topological polar surface area (TPSA) is 131 Å². The van der Waals surface area contributed by atoms with Crippen LogP contribution in [0.5, 0.6) is 5.75 Å². The van der Waals surface area contributed by atoms with Crippen LogP contribution in [0.2, 0.25) is 0 Å². The van der Waals surface area contributed by atoms with Gasteiger partial charge in [0.1, 0.15) is 29.4 Å². The summed E-state index contributed by atoms with van der Waals surface area (Å²) in [6.45, 7) is 4.11. The molecule has 3 aliphatic heterocycles. The Morgan fingerprint density at radius 1 is 1.17 bits per heavy atom. The molecule has 0 aliphatic carbocycles. The van der Waals surface area contributed by atoms with Crippen LogP contribution in [0.4, 0.5) is 5.69 Å². The number of aromatic nitrogens is 5. The molecule has 0 spiro atoms. The molecule has 36 heavy (non-hydrogen) atoms. The highest BCUT2D eigenvalue weighted by Crippen LogP contribution is 2.41. The second-order valence-electron chi connectivity index (χ2n) is 8.95. The Morgan fingerprint density at radius 2 is 2.06 bits per heavy atom. The number of hydrogen-bond acceptors (Lipinski definition) is 10. The molecular formula is C24H25N9O3. The van der Waals surface area contributed by atoms with Crippen molar-refractivity contribution in [1.29, 1.82) is 0 Å². The molecule has 1 amide bonds. The van der Waals surface area contributed by atoms with Crippen LogP contribution in [-0.2, 0) is 9.59 Å². The maximum absolute atomic E-state index is 13.5. The average molecular weight is 488 g/mol. The maximum Gasteiger partial charge on any atom is 0.290 e. The summed E-state index contributed by atoms with van der Waals surface area (Å²) in [5.74, 6) is 0.769. The normalized spacial score (nSPS) is 20.4. The number of methoxy groups -OCH3 is 1. The second-order valence-corrected chi connectivity index (χ2v) is 8.95. The van der Waals surface area contributed by atoms with Crippen molar-refractivity contribution >= 4 is 23.2 Å². The number of amides is 1. The zero-order valence-corrected chi connectivity index (χ0v) is 20.0. The number of ketones is 1. The van der Waals surface area contributed by atoms with Gasteiger partial charge in [0.15, 0.2) is 5.82 Å². The molecule has 1 saturated heterocycles. The number of carbonyl (C=O) groups is 2. The molecule has 1 N–H and O–H groups in total. The van der Waals surface area contributed by atoms with Crippen LogP contribution in [0.3, 0.4) is 0 Å². The fourth-order valence-corrected chi connectivity index (χ4v) is 5.12. The Hall–Kier alpha value is -4.35. The molecule has 12 nitrogen and oxygen atoms in total. The first-order chi connectivity index (χ1) is 17.5. The Labute approximate surface area is 207 Å². The Balaban J connectivity index is 1.21. The molecule has 2 unspecified atom stereocenters. The number of rotatable bonds is 5. The zero-order valence-electron chi connectivity index (χ0n) is 20.0. The average Bonchev–Trinajstić information content (AvgIpc) is 3.65. The van der Waals surface area contributed by atoms with Crippen molar-refractivity contribution in [2.75, 3.05) is 45.2 Å². The third kappa shape index (κ3) is 3.56. The highest BCUT2D eigenvalue weighted by molar-refractivity contribution is 6.38. The van der Waals surface area contributed by atoms with Gasteiger partial charge >= 0.3 is 0 Å². The number of nitrogens with one attached hydrogen (secondary N) is 1. The van der Waals surface area contributed by atoms with Gasteiger partial charge in [-0.15, -0.1) is 0 Å². The second kappa shape index (κ2) is 8.70. The maximum atomic E-state index is 13.5. The summed E-state index contributed by atoms with van der Waals surface area (Å²) in [6.07, 6.45) is 4.86. The van der Waals surface area contributed by atoms with E-state index in [9.17, 15) is 9.59 Å². The van der Waals surface area contributed by atoms with Crippen LogP contribution in [0, 0.1) is 6.92 Å². The van der Waals surface area contributed by atoms with Gasteiger partial charge in [-0.2, -0.15) is 5.10 Å². The summed E-state index contributed by atoms with van der Waals surface area (Å²) in [7, 11) is 1.52. The number of amidine groups is 1. The lowest BCUT2D eigenvalue weighted by atomic mass is 9.95. The van der Waals surface area contributed by atoms with Gasteiger partial charge in [-0.3, -0.25) is 19.6 Å². The van der Waals surface area contributed by atoms with Crippen molar-refractivity contribution in [3.05, 3.63) is 54.0 Å². The van der Waals surface area contributed by atoms with Gasteiger partial charge in [0.25, 0.3) is 5.91 Å². The van der Waals surface area contributed by atoms with E-state index in [1.54, 1.807) is 35.2 Å². The van der Waals surface area contributed by atoms with Crippen molar-refractivity contribution in [1.82, 2.24) is 34.5 Å². The number of anilines is 1. The molecule has 6 rings (SSSR count). The molecule has 3 aromatic heterocycles. The van der Waals surface area contributed by atoms with E-state index in [4.69, 9.17) is 4.74 Å². The van der Waals surface area contributed by atoms with Crippen molar-refractivity contribution in [3.8, 4) is 11.6 Å². The van der Waals surface area contributed by atoms with Crippen LogP contribution >= 0.6 is 0 Å². The van der Waals surface area contributed by atoms with Crippen molar-refractivity contribution in [2.45, 2.75) is 18.9 Å². The molecule has 0 bridgehead atoms. The number of nitrogens with zero attached hydrogens (tertiary/aromatic N) is 8. The fourth-order valence-electron chi connectivity index (χ4n) is 5.12. The minimum absolute atomic E-state index is 0.0300. The minimum atomic E-state index is -0.684. The van der Waals surface area contributed by atoms with Gasteiger partial charge in [0, 0.05) is 37.9 Å². The lowest BCUT2D eigenvalue weighted by Gasteiger charge is -2.38. The SMILES string of the molecule is COc1cnc(-n2cnc(C)n2)c2c1C(C(=O)C(=O)N1CCN3C(c4ccccn4)=NCC3C1)CN2. The Morgan fingerprint density at radius 3 is 2.81 bits per heavy atom. The standard InChI is InChI=1S/C24H25N9O3/c1-14-29-13-33(30-14)23-20-19(18(36-2)11-28-23)16(10-26-20)21(34)24(35)31-7-8-32-15(12-31)9-27-22(32)17-5-3-4-6-25-17/h3-6,11,13,15-16,26H,7-10,12H2,1-2H3. The molecule has 0 saturated carbocycles. The van der Waals surface area contributed by atoms with Gasteiger partial charge in [-0.05, 0) is 19.1 Å². The Kier molecular flexibility index (Phi) is 5.35. The van der Waals surface area contributed by atoms with Crippen LogP contribution < -0.4 is 10.1 Å². The van der Waals surface area contributed by atoms with Crippen molar-refractivity contribution in [3.63, 3.8) is 0 Å². The fraction of sp³-hybridized carbons (Fsp3) is 0.375. The van der Waals surface area contributed by atoms with Crippen molar-refractivity contribution in [2.24, 2.45) is 4.99 Å². The molecule has 6 heterocycles. The quantitative estimate of drug-likeness (QED) is 0.509. The predicted molar refractivity (Wildman–Crippen MR) is 129 cm³/mol. The summed E-state index contributed by atoms with van der Waals surface area (Å²) < 4.78 is 7.07. The third-order valence-corrected chi connectivity index (χ3v) is 6.85. The molecule has 3 aliphatic rings. The van der Waals surface area contributed by atoms with E-state index in [1.807, 2.05) is 18.2 Å². The number of Topliss-reactive ketones (excluding diaryl/α,β-unsaturated/α-hetero) is 1. The monoisotopic (exact) mass is 487 g/mol. The number of ether oxygens (including phenoxy) is 1. The van der Waals surface area contributed by atoms with E-state index >= 15 is 0 Å². The molecule has 0 radical (unpaired) electrons. The molecule has 3 aromatic rings. The number of aliphatic imine (C=N–C) groups is 1. The summed E-state index contributed by atoms with van der Waals surface area (Å²) in [5, 5.41) is 7.58. The van der Waals surface area contributed by atoms with E-state index in [0.29, 0.717) is 54.8 Å². The first-order valence-electron chi connectivity index (χ1n) is 11.8. The minimum Gasteiger partial charge on any atom is -0.495 e. The van der Waals surface area contributed by atoms with E-state index < -0.39 is 17.6 Å². The number of carbonyl (C=O) groups excluding carboxylic acids is 2.